The Morgan fingerprint density at radius 2 is 1.80 bits per heavy atom. The molecule has 0 bridgehead atoms. The molecule has 0 fully saturated rings. The van der Waals surface area contributed by atoms with E-state index in [1.165, 1.54) is 24.4 Å². The number of rotatable bonds is 6. The van der Waals surface area contributed by atoms with Crippen LogP contribution in [0.2, 0.25) is 0 Å². The Kier molecular flexibility index (Phi) is 5.85. The van der Waals surface area contributed by atoms with Crippen LogP contribution in [-0.2, 0) is 6.18 Å². The largest absolute Gasteiger partial charge is 0.491 e. The molecule has 0 spiro atoms. The third-order valence-electron chi connectivity index (χ3n) is 3.19. The van der Waals surface area contributed by atoms with Gasteiger partial charge < -0.3 is 10.1 Å². The van der Waals surface area contributed by atoms with Gasteiger partial charge in [-0.1, -0.05) is 6.07 Å². The number of anilines is 1. The second-order valence-electron chi connectivity index (χ2n) is 5.61. The Morgan fingerprint density at radius 1 is 1.12 bits per heavy atom. The van der Waals surface area contributed by atoms with Crippen molar-refractivity contribution in [2.45, 2.75) is 26.1 Å². The zero-order valence-corrected chi connectivity index (χ0v) is 13.8. The van der Waals surface area contributed by atoms with E-state index in [-0.39, 0.29) is 17.6 Å². The Labute approximate surface area is 144 Å². The van der Waals surface area contributed by atoms with Gasteiger partial charge in [-0.2, -0.15) is 13.2 Å². The van der Waals surface area contributed by atoms with Gasteiger partial charge in [0.15, 0.2) is 5.78 Å². The van der Waals surface area contributed by atoms with Crippen LogP contribution in [0.3, 0.4) is 0 Å². The summed E-state index contributed by atoms with van der Waals surface area (Å²) in [6.07, 6.45) is -1.79. The van der Waals surface area contributed by atoms with E-state index in [4.69, 9.17) is 4.74 Å². The summed E-state index contributed by atoms with van der Waals surface area (Å²) in [6, 6.07) is 11.4. The molecule has 0 unspecified atom stereocenters. The van der Waals surface area contributed by atoms with E-state index in [2.05, 4.69) is 5.32 Å². The molecule has 2 rings (SSSR count). The Hall–Kier alpha value is -2.76. The number of benzene rings is 2. The highest BCUT2D eigenvalue weighted by Gasteiger charge is 2.30. The first-order chi connectivity index (χ1) is 11.8. The number of hydrogen-bond acceptors (Lipinski definition) is 3. The van der Waals surface area contributed by atoms with Crippen molar-refractivity contribution >= 4 is 11.5 Å². The molecule has 0 atom stereocenters. The predicted octanol–water partition coefficient (Wildman–Crippen LogP) is 5.30. The fraction of sp³-hybridized carbons (Fsp3) is 0.211. The van der Waals surface area contributed by atoms with Crippen LogP contribution in [-0.4, -0.2) is 11.9 Å². The first-order valence-electron chi connectivity index (χ1n) is 7.67. The summed E-state index contributed by atoms with van der Waals surface area (Å²) in [6.45, 7) is 3.81. The molecule has 0 saturated heterocycles. The van der Waals surface area contributed by atoms with Crippen LogP contribution in [0.15, 0.2) is 60.8 Å². The number of carbonyl (C=O) groups excluding carboxylic acids is 1. The molecule has 2 aromatic rings. The standard InChI is InChI=1S/C19H18F3NO2/c1-13(2)25-17-8-6-14(7-9-17)18(24)10-11-23-16-5-3-4-15(12-16)19(20,21)22/h3-13,23H,1-2H3/b11-10+. The monoisotopic (exact) mass is 349 g/mol. The third-order valence-corrected chi connectivity index (χ3v) is 3.19. The number of ketones is 1. The molecule has 0 heterocycles. The smallest absolute Gasteiger partial charge is 0.416 e. The summed E-state index contributed by atoms with van der Waals surface area (Å²) >= 11 is 0. The summed E-state index contributed by atoms with van der Waals surface area (Å²) in [4.78, 5) is 12.0. The minimum Gasteiger partial charge on any atom is -0.491 e. The third kappa shape index (κ3) is 5.67. The van der Waals surface area contributed by atoms with Crippen LogP contribution in [0.4, 0.5) is 18.9 Å². The number of allylic oxidation sites excluding steroid dienone is 1. The lowest BCUT2D eigenvalue weighted by Crippen LogP contribution is -2.05. The van der Waals surface area contributed by atoms with Crippen LogP contribution < -0.4 is 10.1 Å². The molecule has 0 aliphatic carbocycles. The molecule has 132 valence electrons. The van der Waals surface area contributed by atoms with Gasteiger partial charge in [0.25, 0.3) is 0 Å². The number of nitrogens with one attached hydrogen (secondary N) is 1. The lowest BCUT2D eigenvalue weighted by Gasteiger charge is -2.09. The highest BCUT2D eigenvalue weighted by atomic mass is 19.4. The minimum absolute atomic E-state index is 0.0399. The fourth-order valence-corrected chi connectivity index (χ4v) is 2.07. The normalized spacial score (nSPS) is 11.8. The molecule has 1 N–H and O–H groups in total. The second-order valence-corrected chi connectivity index (χ2v) is 5.61. The average Bonchev–Trinajstić information content (AvgIpc) is 2.54. The summed E-state index contributed by atoms with van der Waals surface area (Å²) in [5.74, 6) is 0.396. The van der Waals surface area contributed by atoms with Crippen molar-refractivity contribution < 1.29 is 22.7 Å². The molecule has 3 nitrogen and oxygen atoms in total. The summed E-state index contributed by atoms with van der Waals surface area (Å²) in [5.41, 5.74) is -0.0456. The summed E-state index contributed by atoms with van der Waals surface area (Å²) in [5, 5.41) is 2.67. The van der Waals surface area contributed by atoms with E-state index in [9.17, 15) is 18.0 Å². The van der Waals surface area contributed by atoms with Crippen molar-refractivity contribution in [1.82, 2.24) is 0 Å². The minimum atomic E-state index is -4.41. The van der Waals surface area contributed by atoms with E-state index in [1.807, 2.05) is 13.8 Å². The molecule has 0 aromatic heterocycles. The Bertz CT molecular complexity index is 750. The summed E-state index contributed by atoms with van der Waals surface area (Å²) in [7, 11) is 0. The topological polar surface area (TPSA) is 38.3 Å². The zero-order valence-electron chi connectivity index (χ0n) is 13.8. The summed E-state index contributed by atoms with van der Waals surface area (Å²) < 4.78 is 43.4. The van der Waals surface area contributed by atoms with Gasteiger partial charge in [0.1, 0.15) is 5.75 Å². The van der Waals surface area contributed by atoms with Crippen molar-refractivity contribution in [3.8, 4) is 5.75 Å². The molecule has 0 radical (unpaired) electrons. The van der Waals surface area contributed by atoms with Gasteiger partial charge in [0, 0.05) is 23.5 Å². The first kappa shape index (κ1) is 18.6. The van der Waals surface area contributed by atoms with Crippen LogP contribution in [0.5, 0.6) is 5.75 Å². The number of alkyl halides is 3. The van der Waals surface area contributed by atoms with Gasteiger partial charge in [-0.25, -0.2) is 0 Å². The van der Waals surface area contributed by atoms with Crippen molar-refractivity contribution in [3.63, 3.8) is 0 Å². The van der Waals surface area contributed by atoms with Crippen LogP contribution in [0.25, 0.3) is 0 Å². The highest BCUT2D eigenvalue weighted by Crippen LogP contribution is 2.30. The fourth-order valence-electron chi connectivity index (χ4n) is 2.07. The van der Waals surface area contributed by atoms with Gasteiger partial charge in [0.05, 0.1) is 11.7 Å². The quantitative estimate of drug-likeness (QED) is 0.568. The zero-order chi connectivity index (χ0) is 18.4. The van der Waals surface area contributed by atoms with E-state index in [0.717, 1.165) is 12.1 Å². The van der Waals surface area contributed by atoms with E-state index < -0.39 is 11.7 Å². The van der Waals surface area contributed by atoms with E-state index >= 15 is 0 Å². The molecule has 0 amide bonds. The first-order valence-corrected chi connectivity index (χ1v) is 7.67. The maximum Gasteiger partial charge on any atom is 0.416 e. The SMILES string of the molecule is CC(C)Oc1ccc(C(=O)/C=C/Nc2cccc(C(F)(F)F)c2)cc1. The number of halogens is 3. The van der Waals surface area contributed by atoms with Crippen LogP contribution in [0.1, 0.15) is 29.8 Å². The Morgan fingerprint density at radius 3 is 2.40 bits per heavy atom. The predicted molar refractivity (Wildman–Crippen MR) is 90.7 cm³/mol. The molecule has 0 aliphatic rings. The van der Waals surface area contributed by atoms with Gasteiger partial charge in [-0.3, -0.25) is 4.79 Å². The second kappa shape index (κ2) is 7.88. The lowest BCUT2D eigenvalue weighted by molar-refractivity contribution is -0.137. The molecule has 2 aromatic carbocycles. The molecule has 6 heteroatoms. The van der Waals surface area contributed by atoms with E-state index in [1.54, 1.807) is 24.3 Å². The average molecular weight is 349 g/mol. The van der Waals surface area contributed by atoms with E-state index in [0.29, 0.717) is 11.3 Å². The van der Waals surface area contributed by atoms with Gasteiger partial charge in [-0.05, 0) is 56.3 Å². The van der Waals surface area contributed by atoms with Crippen molar-refractivity contribution in [3.05, 3.63) is 71.9 Å². The Balaban J connectivity index is 1.99. The number of carbonyl (C=O) groups is 1. The van der Waals surface area contributed by atoms with Crippen molar-refractivity contribution in [2.24, 2.45) is 0 Å². The maximum absolute atomic E-state index is 12.6. The van der Waals surface area contributed by atoms with Gasteiger partial charge in [0.2, 0.25) is 0 Å². The number of ether oxygens (including phenoxy) is 1. The van der Waals surface area contributed by atoms with Crippen molar-refractivity contribution in [1.29, 1.82) is 0 Å². The number of hydrogen-bond donors (Lipinski definition) is 1. The molecular formula is C19H18F3NO2. The highest BCUT2D eigenvalue weighted by molar-refractivity contribution is 6.04. The maximum atomic E-state index is 12.6. The molecule has 0 aliphatic heterocycles. The lowest BCUT2D eigenvalue weighted by atomic mass is 10.1. The van der Waals surface area contributed by atoms with Gasteiger partial charge in [-0.15, -0.1) is 0 Å². The molecule has 0 saturated carbocycles. The van der Waals surface area contributed by atoms with Crippen molar-refractivity contribution in [2.75, 3.05) is 5.32 Å². The molecular weight excluding hydrogens is 331 g/mol. The van der Waals surface area contributed by atoms with Crippen LogP contribution in [0, 0.1) is 0 Å². The molecule has 25 heavy (non-hydrogen) atoms. The van der Waals surface area contributed by atoms with Gasteiger partial charge >= 0.3 is 6.18 Å². The van der Waals surface area contributed by atoms with Crippen LogP contribution >= 0.6 is 0 Å².